The van der Waals surface area contributed by atoms with Crippen LogP contribution in [0.2, 0.25) is 5.02 Å². The van der Waals surface area contributed by atoms with Crippen molar-refractivity contribution in [1.82, 2.24) is 9.88 Å². The van der Waals surface area contributed by atoms with Crippen LogP contribution in [0.1, 0.15) is 35.0 Å². The van der Waals surface area contributed by atoms with Gasteiger partial charge in [0.2, 0.25) is 0 Å². The average Bonchev–Trinajstić information content (AvgIpc) is 3.03. The molecule has 0 bridgehead atoms. The van der Waals surface area contributed by atoms with Gasteiger partial charge in [0.05, 0.1) is 17.1 Å². The molecular formula is C21H21ClN2O2. The van der Waals surface area contributed by atoms with E-state index >= 15 is 0 Å². The Hall–Kier alpha value is -2.46. The number of halogens is 1. The van der Waals surface area contributed by atoms with Gasteiger partial charge in [0.25, 0.3) is 5.91 Å². The highest BCUT2D eigenvalue weighted by molar-refractivity contribution is 6.36. The van der Waals surface area contributed by atoms with Gasteiger partial charge in [-0.25, -0.2) is 0 Å². The molecule has 0 spiro atoms. The first-order chi connectivity index (χ1) is 12.6. The smallest absolute Gasteiger partial charge is 0.268 e. The molecule has 0 fully saturated rings. The first-order valence-electron chi connectivity index (χ1n) is 8.89. The normalized spacial score (nSPS) is 15.7. The fourth-order valence-electron chi connectivity index (χ4n) is 3.51. The van der Waals surface area contributed by atoms with Crippen molar-refractivity contribution in [2.24, 2.45) is 0 Å². The lowest BCUT2D eigenvalue weighted by atomic mass is 10.1. The van der Waals surface area contributed by atoms with E-state index in [4.69, 9.17) is 16.3 Å². The van der Waals surface area contributed by atoms with Crippen molar-refractivity contribution in [3.8, 4) is 5.75 Å². The van der Waals surface area contributed by atoms with E-state index in [2.05, 4.69) is 18.3 Å². The summed E-state index contributed by atoms with van der Waals surface area (Å²) in [6.45, 7) is 5.28. The largest absolute Gasteiger partial charge is 0.486 e. The maximum Gasteiger partial charge on any atom is 0.268 e. The Bertz CT molecular complexity index is 993. The quantitative estimate of drug-likeness (QED) is 0.725. The van der Waals surface area contributed by atoms with Crippen LogP contribution in [-0.4, -0.2) is 16.6 Å². The molecule has 4 rings (SSSR count). The van der Waals surface area contributed by atoms with Gasteiger partial charge in [-0.1, -0.05) is 48.4 Å². The van der Waals surface area contributed by atoms with E-state index in [1.807, 2.05) is 47.9 Å². The molecule has 2 heterocycles. The number of hydrogen-bond acceptors (Lipinski definition) is 2. The fourth-order valence-corrected chi connectivity index (χ4v) is 3.72. The Labute approximate surface area is 157 Å². The third kappa shape index (κ3) is 2.95. The highest BCUT2D eigenvalue weighted by atomic mass is 35.5. The van der Waals surface area contributed by atoms with Gasteiger partial charge in [-0.05, 0) is 37.1 Å². The van der Waals surface area contributed by atoms with Crippen molar-refractivity contribution in [3.05, 3.63) is 64.3 Å². The Morgan fingerprint density at radius 2 is 2.15 bits per heavy atom. The van der Waals surface area contributed by atoms with Crippen LogP contribution in [0.3, 0.4) is 0 Å². The van der Waals surface area contributed by atoms with Gasteiger partial charge >= 0.3 is 0 Å². The first-order valence-corrected chi connectivity index (χ1v) is 9.26. The van der Waals surface area contributed by atoms with Crippen LogP contribution < -0.4 is 10.1 Å². The topological polar surface area (TPSA) is 43.3 Å². The zero-order valence-corrected chi connectivity index (χ0v) is 15.6. The van der Waals surface area contributed by atoms with Crippen molar-refractivity contribution < 1.29 is 9.53 Å². The third-order valence-corrected chi connectivity index (χ3v) is 5.20. The van der Waals surface area contributed by atoms with E-state index in [-0.39, 0.29) is 12.0 Å². The minimum Gasteiger partial charge on any atom is -0.486 e. The number of nitrogens with zero attached hydrogens (tertiary/aromatic N) is 1. The highest BCUT2D eigenvalue weighted by Crippen LogP contribution is 2.38. The average molecular weight is 369 g/mol. The summed E-state index contributed by atoms with van der Waals surface area (Å²) in [7, 11) is 0. The zero-order chi connectivity index (χ0) is 18.3. The summed E-state index contributed by atoms with van der Waals surface area (Å²) in [6, 6.07) is 13.7. The van der Waals surface area contributed by atoms with Gasteiger partial charge in [0.1, 0.15) is 17.5 Å². The Balaban J connectivity index is 1.67. The Morgan fingerprint density at radius 3 is 2.92 bits per heavy atom. The van der Waals surface area contributed by atoms with Gasteiger partial charge in [0, 0.05) is 11.9 Å². The van der Waals surface area contributed by atoms with E-state index in [1.54, 1.807) is 0 Å². The molecule has 1 amide bonds. The van der Waals surface area contributed by atoms with E-state index < -0.39 is 0 Å². The number of aromatic nitrogens is 1. The maximum absolute atomic E-state index is 12.9. The first kappa shape index (κ1) is 17.0. The van der Waals surface area contributed by atoms with E-state index in [9.17, 15) is 4.79 Å². The maximum atomic E-state index is 12.9. The summed E-state index contributed by atoms with van der Waals surface area (Å²) in [4.78, 5) is 12.9. The molecule has 1 aliphatic rings. The van der Waals surface area contributed by atoms with Crippen molar-refractivity contribution in [2.45, 2.75) is 39.5 Å². The van der Waals surface area contributed by atoms with Crippen molar-refractivity contribution in [3.63, 3.8) is 0 Å². The van der Waals surface area contributed by atoms with Crippen LogP contribution in [0.15, 0.2) is 42.5 Å². The van der Waals surface area contributed by atoms with Gasteiger partial charge < -0.3 is 14.6 Å². The number of carbonyl (C=O) groups excluding carboxylic acids is 1. The summed E-state index contributed by atoms with van der Waals surface area (Å²) in [5.74, 6) is 0.696. The second-order valence-corrected chi connectivity index (χ2v) is 7.18. The molecule has 1 aliphatic heterocycles. The number of nitrogens with one attached hydrogen (secondary N) is 1. The number of hydrogen-bond donors (Lipinski definition) is 1. The molecule has 0 saturated heterocycles. The van der Waals surface area contributed by atoms with E-state index in [0.717, 1.165) is 28.6 Å². The summed E-state index contributed by atoms with van der Waals surface area (Å²) >= 11 is 6.36. The molecule has 26 heavy (non-hydrogen) atoms. The summed E-state index contributed by atoms with van der Waals surface area (Å²) in [5.41, 5.74) is 3.80. The predicted molar refractivity (Wildman–Crippen MR) is 104 cm³/mol. The predicted octanol–water partition coefficient (Wildman–Crippen LogP) is 4.70. The molecule has 5 heteroatoms. The Morgan fingerprint density at radius 1 is 1.31 bits per heavy atom. The van der Waals surface area contributed by atoms with Crippen LogP contribution in [0.5, 0.6) is 5.75 Å². The van der Waals surface area contributed by atoms with Crippen LogP contribution >= 0.6 is 11.6 Å². The molecule has 1 N–H and O–H groups in total. The minimum absolute atomic E-state index is 0.0580. The molecule has 0 aliphatic carbocycles. The number of carbonyl (C=O) groups is 1. The van der Waals surface area contributed by atoms with Gasteiger partial charge in [0.15, 0.2) is 0 Å². The highest BCUT2D eigenvalue weighted by Gasteiger charge is 2.26. The lowest BCUT2D eigenvalue weighted by molar-refractivity contribution is 0.0935. The third-order valence-electron chi connectivity index (χ3n) is 4.87. The standard InChI is InChI=1S/C21H21ClN2O2/c1-3-15-12-24-18(10-16-17(22)7-8-19(26-15)20(16)24)21(25)23-11-14-6-4-5-13(2)9-14/h4-10,15H,3,11-12H2,1-2H3,(H,23,25). The molecular weight excluding hydrogens is 348 g/mol. The number of benzene rings is 2. The molecule has 3 aromatic rings. The van der Waals surface area contributed by atoms with E-state index in [1.165, 1.54) is 5.56 Å². The summed E-state index contributed by atoms with van der Waals surface area (Å²) < 4.78 is 8.07. The number of rotatable bonds is 4. The second kappa shape index (κ2) is 6.69. The van der Waals surface area contributed by atoms with Gasteiger partial charge in [-0.2, -0.15) is 0 Å². The molecule has 2 aromatic carbocycles. The Kier molecular flexibility index (Phi) is 4.37. The van der Waals surface area contributed by atoms with Crippen LogP contribution in [0.25, 0.3) is 10.9 Å². The van der Waals surface area contributed by atoms with Crippen LogP contribution in [0.4, 0.5) is 0 Å². The number of ether oxygens (including phenoxy) is 1. The molecule has 1 aromatic heterocycles. The molecule has 4 nitrogen and oxygen atoms in total. The molecule has 1 atom stereocenters. The monoisotopic (exact) mass is 368 g/mol. The number of aryl methyl sites for hydroxylation is 1. The zero-order valence-electron chi connectivity index (χ0n) is 14.9. The van der Waals surface area contributed by atoms with Crippen LogP contribution in [0, 0.1) is 6.92 Å². The molecule has 0 radical (unpaired) electrons. The van der Waals surface area contributed by atoms with Crippen molar-refractivity contribution in [2.75, 3.05) is 0 Å². The van der Waals surface area contributed by atoms with Gasteiger partial charge in [-0.3, -0.25) is 4.79 Å². The lowest BCUT2D eigenvalue weighted by Crippen LogP contribution is -2.31. The molecule has 1 unspecified atom stereocenters. The van der Waals surface area contributed by atoms with Gasteiger partial charge in [-0.15, -0.1) is 0 Å². The van der Waals surface area contributed by atoms with Crippen molar-refractivity contribution >= 4 is 28.4 Å². The fraction of sp³-hybridized carbons (Fsp3) is 0.286. The van der Waals surface area contributed by atoms with Crippen molar-refractivity contribution in [1.29, 1.82) is 0 Å². The molecule has 0 saturated carbocycles. The van der Waals surface area contributed by atoms with Crippen LogP contribution in [-0.2, 0) is 13.1 Å². The minimum atomic E-state index is -0.0959. The SMILES string of the molecule is CCC1Cn2c(C(=O)NCc3cccc(C)c3)cc3c(Cl)ccc(c32)O1. The molecule has 134 valence electrons. The lowest BCUT2D eigenvalue weighted by Gasteiger charge is -2.26. The summed E-state index contributed by atoms with van der Waals surface area (Å²) in [5, 5.41) is 4.52. The van der Waals surface area contributed by atoms with E-state index in [0.29, 0.717) is 23.8 Å². The summed E-state index contributed by atoms with van der Waals surface area (Å²) in [6.07, 6.45) is 0.939. The second-order valence-electron chi connectivity index (χ2n) is 6.77. The number of amides is 1.